The molecule has 0 saturated carbocycles. The van der Waals surface area contributed by atoms with E-state index >= 15 is 0 Å². The van der Waals surface area contributed by atoms with Crippen molar-refractivity contribution in [2.75, 3.05) is 46.8 Å². The zero-order valence-electron chi connectivity index (χ0n) is 10.6. The summed E-state index contributed by atoms with van der Waals surface area (Å²) in [6, 6.07) is 0.783. The third kappa shape index (κ3) is 4.96. The Labute approximate surface area is 94.8 Å². The number of hydrogen-bond acceptors (Lipinski definition) is 3. The second kappa shape index (κ2) is 7.20. The molecule has 0 aromatic heterocycles. The van der Waals surface area contributed by atoms with Gasteiger partial charge in [-0.15, -0.1) is 0 Å². The number of nitrogens with one attached hydrogen (secondary N) is 1. The first-order valence-electron chi connectivity index (χ1n) is 6.33. The van der Waals surface area contributed by atoms with Crippen molar-refractivity contribution in [1.29, 1.82) is 0 Å². The molecule has 1 aliphatic heterocycles. The Morgan fingerprint density at radius 3 is 2.93 bits per heavy atom. The molecule has 90 valence electrons. The second-order valence-electron chi connectivity index (χ2n) is 4.75. The summed E-state index contributed by atoms with van der Waals surface area (Å²) >= 11 is 0. The highest BCUT2D eigenvalue weighted by atomic mass is 15.2. The van der Waals surface area contributed by atoms with E-state index in [0.29, 0.717) is 0 Å². The molecule has 1 saturated heterocycles. The molecule has 3 heteroatoms. The molecule has 1 atom stereocenters. The van der Waals surface area contributed by atoms with Gasteiger partial charge < -0.3 is 15.1 Å². The summed E-state index contributed by atoms with van der Waals surface area (Å²) in [7, 11) is 4.51. The predicted octanol–water partition coefficient (Wildman–Crippen LogP) is 1.01. The van der Waals surface area contributed by atoms with Crippen LogP contribution in [-0.4, -0.2) is 62.7 Å². The minimum absolute atomic E-state index is 0.783. The quantitative estimate of drug-likeness (QED) is 0.664. The van der Waals surface area contributed by atoms with Crippen LogP contribution < -0.4 is 5.32 Å². The van der Waals surface area contributed by atoms with Crippen molar-refractivity contribution in [1.82, 2.24) is 15.1 Å². The lowest BCUT2D eigenvalue weighted by Gasteiger charge is -2.35. The number of piperidine rings is 1. The van der Waals surface area contributed by atoms with E-state index in [1.807, 2.05) is 0 Å². The molecular weight excluding hydrogens is 186 g/mol. The van der Waals surface area contributed by atoms with E-state index in [9.17, 15) is 0 Å². The van der Waals surface area contributed by atoms with E-state index in [-0.39, 0.29) is 0 Å². The maximum atomic E-state index is 3.38. The lowest BCUT2D eigenvalue weighted by atomic mass is 10.1. The van der Waals surface area contributed by atoms with Crippen molar-refractivity contribution >= 4 is 0 Å². The first-order valence-corrected chi connectivity index (χ1v) is 6.33. The maximum Gasteiger partial charge on any atom is 0.0220 e. The summed E-state index contributed by atoms with van der Waals surface area (Å²) in [5.74, 6) is 0. The maximum absolute atomic E-state index is 3.38. The van der Waals surface area contributed by atoms with Gasteiger partial charge in [0.2, 0.25) is 0 Å². The highest BCUT2D eigenvalue weighted by Gasteiger charge is 2.20. The average molecular weight is 213 g/mol. The van der Waals surface area contributed by atoms with Crippen molar-refractivity contribution in [3.8, 4) is 0 Å². The summed E-state index contributed by atoms with van der Waals surface area (Å²) < 4.78 is 0. The molecule has 1 heterocycles. The molecule has 0 spiro atoms. The first kappa shape index (κ1) is 12.9. The van der Waals surface area contributed by atoms with Crippen molar-refractivity contribution in [3.05, 3.63) is 0 Å². The largest absolute Gasteiger partial charge is 0.317 e. The molecular formula is C12H27N3. The minimum atomic E-state index is 0.783. The van der Waals surface area contributed by atoms with Gasteiger partial charge in [0, 0.05) is 12.6 Å². The van der Waals surface area contributed by atoms with Gasteiger partial charge in [0.15, 0.2) is 0 Å². The van der Waals surface area contributed by atoms with E-state index in [0.717, 1.165) is 19.1 Å². The summed E-state index contributed by atoms with van der Waals surface area (Å²) in [6.07, 6.45) is 4.01. The average Bonchev–Trinajstić information content (AvgIpc) is 2.24. The van der Waals surface area contributed by atoms with Crippen LogP contribution in [0.1, 0.15) is 26.2 Å². The van der Waals surface area contributed by atoms with Crippen LogP contribution >= 0.6 is 0 Å². The normalized spacial score (nSPS) is 23.6. The molecule has 1 unspecified atom stereocenters. The third-order valence-electron chi connectivity index (χ3n) is 3.34. The van der Waals surface area contributed by atoms with Crippen molar-refractivity contribution in [3.63, 3.8) is 0 Å². The van der Waals surface area contributed by atoms with Gasteiger partial charge in [0.25, 0.3) is 0 Å². The molecule has 0 aromatic rings. The van der Waals surface area contributed by atoms with Crippen LogP contribution in [0.3, 0.4) is 0 Å². The number of nitrogens with zero attached hydrogens (tertiary/aromatic N) is 2. The van der Waals surface area contributed by atoms with Crippen molar-refractivity contribution in [2.24, 2.45) is 0 Å². The smallest absolute Gasteiger partial charge is 0.0220 e. The topological polar surface area (TPSA) is 18.5 Å². The van der Waals surface area contributed by atoms with Crippen LogP contribution in [0.4, 0.5) is 0 Å². The second-order valence-corrected chi connectivity index (χ2v) is 4.75. The molecule has 15 heavy (non-hydrogen) atoms. The summed E-state index contributed by atoms with van der Waals surface area (Å²) in [6.45, 7) is 8.17. The first-order chi connectivity index (χ1) is 7.24. The van der Waals surface area contributed by atoms with E-state index in [2.05, 4.69) is 36.1 Å². The molecule has 1 rings (SSSR count). The molecule has 0 bridgehead atoms. The molecule has 0 amide bonds. The van der Waals surface area contributed by atoms with E-state index in [1.165, 1.54) is 38.9 Å². The standard InChI is InChI=1S/C12H27N3/c1-4-13-8-6-10-15(3)12-7-5-9-14(2)11-12/h12-13H,4-11H2,1-3H3. The molecule has 1 aliphatic rings. The minimum Gasteiger partial charge on any atom is -0.317 e. The van der Waals surface area contributed by atoms with E-state index in [4.69, 9.17) is 0 Å². The van der Waals surface area contributed by atoms with Gasteiger partial charge in [0.05, 0.1) is 0 Å². The summed E-state index contributed by atoms with van der Waals surface area (Å²) in [4.78, 5) is 4.99. The van der Waals surface area contributed by atoms with Gasteiger partial charge in [-0.2, -0.15) is 0 Å². The molecule has 1 N–H and O–H groups in total. The fraction of sp³-hybridized carbons (Fsp3) is 1.00. The van der Waals surface area contributed by atoms with Crippen LogP contribution in [0.25, 0.3) is 0 Å². The predicted molar refractivity (Wildman–Crippen MR) is 66.3 cm³/mol. The Balaban J connectivity index is 2.12. The Morgan fingerprint density at radius 1 is 1.47 bits per heavy atom. The van der Waals surface area contributed by atoms with Gasteiger partial charge in [-0.3, -0.25) is 0 Å². The highest BCUT2D eigenvalue weighted by Crippen LogP contribution is 2.13. The van der Waals surface area contributed by atoms with E-state index < -0.39 is 0 Å². The van der Waals surface area contributed by atoms with Crippen LogP contribution in [0.2, 0.25) is 0 Å². The van der Waals surface area contributed by atoms with Crippen molar-refractivity contribution < 1.29 is 0 Å². The number of likely N-dealkylation sites (tertiary alicyclic amines) is 1. The number of hydrogen-bond donors (Lipinski definition) is 1. The fourth-order valence-corrected chi connectivity index (χ4v) is 2.31. The van der Waals surface area contributed by atoms with E-state index in [1.54, 1.807) is 0 Å². The van der Waals surface area contributed by atoms with Crippen LogP contribution in [0, 0.1) is 0 Å². The van der Waals surface area contributed by atoms with Gasteiger partial charge >= 0.3 is 0 Å². The lowest BCUT2D eigenvalue weighted by molar-refractivity contribution is 0.133. The Bertz CT molecular complexity index is 161. The molecule has 0 aliphatic carbocycles. The van der Waals surface area contributed by atoms with Crippen molar-refractivity contribution in [2.45, 2.75) is 32.2 Å². The lowest BCUT2D eigenvalue weighted by Crippen LogP contribution is -2.45. The third-order valence-corrected chi connectivity index (χ3v) is 3.34. The van der Waals surface area contributed by atoms with Gasteiger partial charge in [-0.25, -0.2) is 0 Å². The zero-order chi connectivity index (χ0) is 11.1. The molecule has 1 fully saturated rings. The highest BCUT2D eigenvalue weighted by molar-refractivity contribution is 4.77. The SMILES string of the molecule is CCNCCCN(C)C1CCCN(C)C1. The molecule has 0 radical (unpaired) electrons. The number of rotatable bonds is 6. The fourth-order valence-electron chi connectivity index (χ4n) is 2.31. The Hall–Kier alpha value is -0.120. The Kier molecular flexibility index (Phi) is 6.22. The zero-order valence-corrected chi connectivity index (χ0v) is 10.6. The number of likely N-dealkylation sites (N-methyl/N-ethyl adjacent to an activating group) is 2. The summed E-state index contributed by atoms with van der Waals surface area (Å²) in [5.41, 5.74) is 0. The Morgan fingerprint density at radius 2 is 2.27 bits per heavy atom. The van der Waals surface area contributed by atoms with Gasteiger partial charge in [-0.1, -0.05) is 6.92 Å². The van der Waals surface area contributed by atoms with Crippen LogP contribution in [0.15, 0.2) is 0 Å². The monoisotopic (exact) mass is 213 g/mol. The molecule has 0 aromatic carbocycles. The van der Waals surface area contributed by atoms with Crippen LogP contribution in [0.5, 0.6) is 0 Å². The summed E-state index contributed by atoms with van der Waals surface area (Å²) in [5, 5.41) is 3.38. The van der Waals surface area contributed by atoms with Gasteiger partial charge in [0.1, 0.15) is 0 Å². The van der Waals surface area contributed by atoms with Gasteiger partial charge in [-0.05, 0) is 59.5 Å². The molecule has 3 nitrogen and oxygen atoms in total. The van der Waals surface area contributed by atoms with Crippen LogP contribution in [-0.2, 0) is 0 Å².